The van der Waals surface area contributed by atoms with E-state index in [0.29, 0.717) is 13.2 Å². The SMILES string of the molecule is CN=C(NCCN1CCc2sccc2C1)NCc1ccc(C)cc1OCC1CCCO1. The molecule has 2 aliphatic rings. The van der Waals surface area contributed by atoms with Gasteiger partial charge in [0.05, 0.1) is 6.10 Å². The van der Waals surface area contributed by atoms with Crippen LogP contribution < -0.4 is 15.4 Å². The molecule has 6 nitrogen and oxygen atoms in total. The van der Waals surface area contributed by atoms with Crippen LogP contribution in [-0.2, 0) is 24.2 Å². The first-order valence-corrected chi connectivity index (χ1v) is 12.2. The van der Waals surface area contributed by atoms with Crippen LogP contribution in [0.15, 0.2) is 34.6 Å². The second-order valence-electron chi connectivity index (χ2n) is 8.30. The minimum absolute atomic E-state index is 0.218. The summed E-state index contributed by atoms with van der Waals surface area (Å²) in [5, 5.41) is 9.10. The number of hydrogen-bond donors (Lipinski definition) is 2. The van der Waals surface area contributed by atoms with Crippen LogP contribution in [0.5, 0.6) is 5.75 Å². The van der Waals surface area contributed by atoms with E-state index in [1.54, 1.807) is 4.88 Å². The van der Waals surface area contributed by atoms with E-state index >= 15 is 0 Å². The fourth-order valence-electron chi connectivity index (χ4n) is 4.13. The van der Waals surface area contributed by atoms with Gasteiger partial charge in [-0.1, -0.05) is 12.1 Å². The molecular formula is C24H34N4O2S. The van der Waals surface area contributed by atoms with Gasteiger partial charge >= 0.3 is 0 Å². The van der Waals surface area contributed by atoms with E-state index in [4.69, 9.17) is 9.47 Å². The largest absolute Gasteiger partial charge is 0.491 e. The fraction of sp³-hybridized carbons (Fsp3) is 0.542. The summed E-state index contributed by atoms with van der Waals surface area (Å²) >= 11 is 1.89. The summed E-state index contributed by atoms with van der Waals surface area (Å²) in [5.41, 5.74) is 3.82. The molecule has 3 heterocycles. The van der Waals surface area contributed by atoms with Gasteiger partial charge in [0.2, 0.25) is 0 Å². The number of hydrogen-bond acceptors (Lipinski definition) is 5. The van der Waals surface area contributed by atoms with Crippen LogP contribution in [0.2, 0.25) is 0 Å². The number of guanidine groups is 1. The van der Waals surface area contributed by atoms with E-state index in [-0.39, 0.29) is 6.10 Å². The quantitative estimate of drug-likeness (QED) is 0.485. The molecule has 1 unspecified atom stereocenters. The predicted octanol–water partition coefficient (Wildman–Crippen LogP) is 3.34. The van der Waals surface area contributed by atoms with Gasteiger partial charge in [0.25, 0.3) is 0 Å². The van der Waals surface area contributed by atoms with E-state index in [0.717, 1.165) is 62.9 Å². The Kier molecular flexibility index (Phi) is 7.83. The van der Waals surface area contributed by atoms with Gasteiger partial charge in [0.15, 0.2) is 5.96 Å². The normalized spacial score (nSPS) is 19.3. The summed E-state index contributed by atoms with van der Waals surface area (Å²) in [6, 6.07) is 8.63. The first kappa shape index (κ1) is 22.1. The van der Waals surface area contributed by atoms with Gasteiger partial charge in [-0.3, -0.25) is 9.89 Å². The van der Waals surface area contributed by atoms with Crippen LogP contribution in [-0.4, -0.2) is 56.9 Å². The number of benzene rings is 1. The Balaban J connectivity index is 1.23. The van der Waals surface area contributed by atoms with Crippen molar-refractivity contribution < 1.29 is 9.47 Å². The van der Waals surface area contributed by atoms with Crippen molar-refractivity contribution >= 4 is 17.3 Å². The maximum atomic E-state index is 6.12. The lowest BCUT2D eigenvalue weighted by molar-refractivity contribution is 0.0676. The number of aryl methyl sites for hydroxylation is 1. The molecule has 0 aliphatic carbocycles. The van der Waals surface area contributed by atoms with Crippen LogP contribution in [0.4, 0.5) is 0 Å². The molecule has 0 bridgehead atoms. The van der Waals surface area contributed by atoms with E-state index in [1.807, 2.05) is 18.4 Å². The molecule has 1 atom stereocenters. The summed E-state index contributed by atoms with van der Waals surface area (Å²) in [4.78, 5) is 8.45. The molecule has 1 aromatic heterocycles. The predicted molar refractivity (Wildman–Crippen MR) is 127 cm³/mol. The van der Waals surface area contributed by atoms with Crippen molar-refractivity contribution in [2.75, 3.05) is 39.9 Å². The topological polar surface area (TPSA) is 58.1 Å². The van der Waals surface area contributed by atoms with E-state index < -0.39 is 0 Å². The average Bonchev–Trinajstić information content (AvgIpc) is 3.47. The summed E-state index contributed by atoms with van der Waals surface area (Å²) in [5.74, 6) is 1.75. The Bertz CT molecular complexity index is 876. The van der Waals surface area contributed by atoms with Gasteiger partial charge in [0.1, 0.15) is 12.4 Å². The highest BCUT2D eigenvalue weighted by Gasteiger charge is 2.18. The van der Waals surface area contributed by atoms with Crippen molar-refractivity contribution in [1.29, 1.82) is 0 Å². The molecule has 0 amide bonds. The van der Waals surface area contributed by atoms with Crippen molar-refractivity contribution in [3.05, 3.63) is 51.2 Å². The lowest BCUT2D eigenvalue weighted by Gasteiger charge is -2.27. The molecule has 4 rings (SSSR count). The maximum Gasteiger partial charge on any atom is 0.191 e. The highest BCUT2D eigenvalue weighted by Crippen LogP contribution is 2.24. The molecule has 1 saturated heterocycles. The van der Waals surface area contributed by atoms with Crippen LogP contribution in [0.25, 0.3) is 0 Å². The standard InChI is InChI=1S/C24H34N4O2S/c1-18-5-6-19(22(14-18)30-17-21-4-3-12-29-21)15-27-24(25-2)26-9-11-28-10-7-23-20(16-28)8-13-31-23/h5-6,8,13-14,21H,3-4,7,9-12,15-17H2,1-2H3,(H2,25,26,27). The van der Waals surface area contributed by atoms with E-state index in [9.17, 15) is 0 Å². The third-order valence-corrected chi connectivity index (χ3v) is 6.97. The third-order valence-electron chi connectivity index (χ3n) is 5.95. The van der Waals surface area contributed by atoms with Gasteiger partial charge in [-0.25, -0.2) is 0 Å². The molecule has 1 fully saturated rings. The molecule has 168 valence electrons. The second kappa shape index (κ2) is 11.0. The number of fused-ring (bicyclic) bond motifs is 1. The fourth-order valence-corrected chi connectivity index (χ4v) is 5.02. The number of rotatable bonds is 8. The van der Waals surface area contributed by atoms with E-state index in [1.165, 1.54) is 17.5 Å². The Morgan fingerprint density at radius 3 is 3.10 bits per heavy atom. The zero-order chi connectivity index (χ0) is 21.5. The minimum Gasteiger partial charge on any atom is -0.491 e. The van der Waals surface area contributed by atoms with Crippen LogP contribution in [0.1, 0.15) is 34.4 Å². The number of ether oxygens (including phenoxy) is 2. The summed E-state index contributed by atoms with van der Waals surface area (Å²) in [6.45, 7) is 8.30. The van der Waals surface area contributed by atoms with Gasteiger partial charge in [-0.15, -0.1) is 11.3 Å². The lowest BCUT2D eigenvalue weighted by Crippen LogP contribution is -2.42. The smallest absolute Gasteiger partial charge is 0.191 e. The zero-order valence-electron chi connectivity index (χ0n) is 18.7. The molecular weight excluding hydrogens is 408 g/mol. The average molecular weight is 443 g/mol. The molecule has 7 heteroatoms. The lowest BCUT2D eigenvalue weighted by atomic mass is 10.1. The Morgan fingerprint density at radius 2 is 2.26 bits per heavy atom. The molecule has 2 aromatic rings. The Morgan fingerprint density at radius 1 is 1.32 bits per heavy atom. The van der Waals surface area contributed by atoms with Crippen molar-refractivity contribution in [3.8, 4) is 5.75 Å². The van der Waals surface area contributed by atoms with Gasteiger partial charge < -0.3 is 20.1 Å². The molecule has 0 spiro atoms. The zero-order valence-corrected chi connectivity index (χ0v) is 19.5. The Labute approximate surface area is 189 Å². The number of nitrogens with one attached hydrogen (secondary N) is 2. The van der Waals surface area contributed by atoms with Crippen molar-refractivity contribution in [2.45, 2.75) is 45.4 Å². The van der Waals surface area contributed by atoms with Gasteiger partial charge in [-0.2, -0.15) is 0 Å². The molecule has 0 saturated carbocycles. The van der Waals surface area contributed by atoms with E-state index in [2.05, 4.69) is 57.1 Å². The van der Waals surface area contributed by atoms with Crippen molar-refractivity contribution in [1.82, 2.24) is 15.5 Å². The second-order valence-corrected chi connectivity index (χ2v) is 9.31. The van der Waals surface area contributed by atoms with Crippen molar-refractivity contribution in [2.24, 2.45) is 4.99 Å². The molecule has 31 heavy (non-hydrogen) atoms. The van der Waals surface area contributed by atoms with Gasteiger partial charge in [-0.05, 0) is 54.8 Å². The minimum atomic E-state index is 0.218. The molecule has 2 N–H and O–H groups in total. The van der Waals surface area contributed by atoms with Crippen LogP contribution in [0.3, 0.4) is 0 Å². The number of aliphatic imine (C=N–C) groups is 1. The number of nitrogens with zero attached hydrogens (tertiary/aromatic N) is 2. The first-order chi connectivity index (χ1) is 15.2. The highest BCUT2D eigenvalue weighted by atomic mass is 32.1. The van der Waals surface area contributed by atoms with Gasteiger partial charge in [0, 0.05) is 56.8 Å². The van der Waals surface area contributed by atoms with Crippen LogP contribution >= 0.6 is 11.3 Å². The van der Waals surface area contributed by atoms with Crippen LogP contribution in [0, 0.1) is 6.92 Å². The first-order valence-electron chi connectivity index (χ1n) is 11.3. The third kappa shape index (κ3) is 6.21. The number of thiophene rings is 1. The Hall–Kier alpha value is -2.09. The summed E-state index contributed by atoms with van der Waals surface area (Å²) < 4.78 is 11.8. The molecule has 1 aromatic carbocycles. The van der Waals surface area contributed by atoms with Crippen molar-refractivity contribution in [3.63, 3.8) is 0 Å². The monoisotopic (exact) mass is 442 g/mol. The summed E-state index contributed by atoms with van der Waals surface area (Å²) in [7, 11) is 1.82. The maximum absolute atomic E-state index is 6.12. The molecule has 2 aliphatic heterocycles. The summed E-state index contributed by atoms with van der Waals surface area (Å²) in [6.07, 6.45) is 3.60. The highest BCUT2D eigenvalue weighted by molar-refractivity contribution is 7.10. The molecule has 0 radical (unpaired) electrons.